The van der Waals surface area contributed by atoms with E-state index in [4.69, 9.17) is 4.74 Å². The Bertz CT molecular complexity index is 909. The van der Waals surface area contributed by atoms with Gasteiger partial charge in [0.15, 0.2) is 0 Å². The number of nitrogens with one attached hydrogen (secondary N) is 3. The summed E-state index contributed by atoms with van der Waals surface area (Å²) in [5.74, 6) is -1.05. The van der Waals surface area contributed by atoms with Gasteiger partial charge in [0, 0.05) is 17.8 Å². The molecule has 7 nitrogen and oxygen atoms in total. The lowest BCUT2D eigenvalue weighted by Crippen LogP contribution is -2.37. The van der Waals surface area contributed by atoms with Gasteiger partial charge >= 0.3 is 6.09 Å². The van der Waals surface area contributed by atoms with Gasteiger partial charge in [-0.05, 0) is 57.0 Å². The molecule has 2 aromatic carbocycles. The predicted molar refractivity (Wildman–Crippen MR) is 113 cm³/mol. The normalized spacial score (nSPS) is 10.8. The lowest BCUT2D eigenvalue weighted by atomic mass is 10.1. The molecule has 3 N–H and O–H groups in total. The third-order valence-electron chi connectivity index (χ3n) is 3.80. The number of benzene rings is 2. The van der Waals surface area contributed by atoms with E-state index in [2.05, 4.69) is 16.0 Å². The van der Waals surface area contributed by atoms with Crippen LogP contribution < -0.4 is 16.0 Å². The van der Waals surface area contributed by atoms with Crippen molar-refractivity contribution in [3.05, 3.63) is 59.9 Å². The van der Waals surface area contributed by atoms with Crippen LogP contribution in [0.5, 0.6) is 0 Å². The summed E-state index contributed by atoms with van der Waals surface area (Å²) >= 11 is 0. The van der Waals surface area contributed by atoms with Crippen LogP contribution in [0.25, 0.3) is 0 Å². The summed E-state index contributed by atoms with van der Waals surface area (Å²) in [6, 6.07) is 12.9. The molecule has 2 rings (SSSR count). The van der Waals surface area contributed by atoms with Crippen molar-refractivity contribution in [3.8, 4) is 0 Å². The fourth-order valence-corrected chi connectivity index (χ4v) is 2.52. The summed E-state index contributed by atoms with van der Waals surface area (Å²) in [6.07, 6.45) is -0.281. The average molecular weight is 415 g/mol. The molecule has 0 aliphatic carbocycles. The van der Waals surface area contributed by atoms with E-state index in [0.717, 1.165) is 0 Å². The van der Waals surface area contributed by atoms with Crippen molar-refractivity contribution in [1.29, 1.82) is 0 Å². The van der Waals surface area contributed by atoms with Crippen LogP contribution in [0.2, 0.25) is 0 Å². The van der Waals surface area contributed by atoms with Gasteiger partial charge in [0.25, 0.3) is 0 Å². The number of carbonyl (C=O) groups excluding carboxylic acids is 3. The highest BCUT2D eigenvalue weighted by Crippen LogP contribution is 2.16. The number of hydrogen-bond donors (Lipinski definition) is 3. The van der Waals surface area contributed by atoms with Gasteiger partial charge < -0.3 is 20.7 Å². The molecule has 3 amide bonds. The van der Waals surface area contributed by atoms with E-state index in [1.54, 1.807) is 63.2 Å². The zero-order valence-electron chi connectivity index (χ0n) is 17.3. The SMILES string of the molecule is CC(C)(C)OC(=O)NCC(=O)Nc1cccc(NC(=O)CCc2ccccc2F)c1. The number of rotatable bonds is 7. The Morgan fingerprint density at radius 3 is 2.20 bits per heavy atom. The van der Waals surface area contributed by atoms with E-state index >= 15 is 0 Å². The summed E-state index contributed by atoms with van der Waals surface area (Å²) in [7, 11) is 0. The minimum absolute atomic E-state index is 0.122. The quantitative estimate of drug-likeness (QED) is 0.640. The van der Waals surface area contributed by atoms with E-state index in [9.17, 15) is 18.8 Å². The number of ether oxygens (including phenoxy) is 1. The highest BCUT2D eigenvalue weighted by Gasteiger charge is 2.16. The molecular weight excluding hydrogens is 389 g/mol. The van der Waals surface area contributed by atoms with Crippen LogP contribution in [0.15, 0.2) is 48.5 Å². The van der Waals surface area contributed by atoms with Crippen molar-refractivity contribution in [2.75, 3.05) is 17.2 Å². The molecule has 0 aromatic heterocycles. The highest BCUT2D eigenvalue weighted by molar-refractivity contribution is 5.95. The minimum Gasteiger partial charge on any atom is -0.444 e. The molecular formula is C22H26FN3O4. The predicted octanol–water partition coefficient (Wildman–Crippen LogP) is 3.86. The standard InChI is InChI=1S/C22H26FN3O4/c1-22(2,3)30-21(29)24-14-20(28)26-17-9-6-8-16(13-17)25-19(27)12-11-15-7-4-5-10-18(15)23/h4-10,13H,11-12,14H2,1-3H3,(H,24,29)(H,25,27)(H,26,28). The van der Waals surface area contributed by atoms with Crippen LogP contribution in [0.3, 0.4) is 0 Å². The first-order valence-electron chi connectivity index (χ1n) is 9.52. The molecule has 0 atom stereocenters. The van der Waals surface area contributed by atoms with Gasteiger partial charge in [0.05, 0.1) is 0 Å². The van der Waals surface area contributed by atoms with E-state index < -0.39 is 17.6 Å². The summed E-state index contributed by atoms with van der Waals surface area (Å²) in [6.45, 7) is 4.92. The molecule has 0 bridgehead atoms. The van der Waals surface area contributed by atoms with Crippen molar-refractivity contribution in [2.24, 2.45) is 0 Å². The monoisotopic (exact) mass is 415 g/mol. The van der Waals surface area contributed by atoms with Crippen LogP contribution in [-0.2, 0) is 20.7 Å². The van der Waals surface area contributed by atoms with Crippen LogP contribution >= 0.6 is 0 Å². The van der Waals surface area contributed by atoms with Crippen LogP contribution in [-0.4, -0.2) is 30.1 Å². The molecule has 0 unspecified atom stereocenters. The maximum atomic E-state index is 13.6. The van der Waals surface area contributed by atoms with Crippen molar-refractivity contribution in [1.82, 2.24) is 5.32 Å². The second kappa shape index (κ2) is 10.4. The zero-order chi connectivity index (χ0) is 22.1. The smallest absolute Gasteiger partial charge is 0.408 e. The van der Waals surface area contributed by atoms with Crippen molar-refractivity contribution < 1.29 is 23.5 Å². The first-order chi connectivity index (χ1) is 14.1. The van der Waals surface area contributed by atoms with Crippen LogP contribution in [0.4, 0.5) is 20.6 Å². The average Bonchev–Trinajstić information content (AvgIpc) is 2.65. The van der Waals surface area contributed by atoms with E-state index in [1.807, 2.05) is 0 Å². The number of hydrogen-bond acceptors (Lipinski definition) is 4. The molecule has 0 spiro atoms. The van der Waals surface area contributed by atoms with Gasteiger partial charge in [-0.2, -0.15) is 0 Å². The third-order valence-corrected chi connectivity index (χ3v) is 3.80. The molecule has 8 heteroatoms. The van der Waals surface area contributed by atoms with Gasteiger partial charge in [-0.1, -0.05) is 24.3 Å². The number of alkyl carbamates (subject to hydrolysis) is 1. The molecule has 2 aromatic rings. The number of amides is 3. The van der Waals surface area contributed by atoms with Crippen LogP contribution in [0, 0.1) is 5.82 Å². The first kappa shape index (κ1) is 22.9. The minimum atomic E-state index is -0.687. The third kappa shape index (κ3) is 8.30. The van der Waals surface area contributed by atoms with Crippen molar-refractivity contribution in [2.45, 2.75) is 39.2 Å². The second-order valence-corrected chi connectivity index (χ2v) is 7.62. The Kier molecular flexibility index (Phi) is 7.91. The molecule has 0 saturated carbocycles. The Labute approximate surface area is 175 Å². The fraction of sp³-hybridized carbons (Fsp3) is 0.318. The van der Waals surface area contributed by atoms with Gasteiger partial charge in [-0.15, -0.1) is 0 Å². The Morgan fingerprint density at radius 1 is 0.933 bits per heavy atom. The number of carbonyl (C=O) groups is 3. The van der Waals surface area contributed by atoms with E-state index in [1.165, 1.54) is 6.07 Å². The molecule has 0 fully saturated rings. The van der Waals surface area contributed by atoms with Gasteiger partial charge in [-0.3, -0.25) is 9.59 Å². The van der Waals surface area contributed by atoms with E-state index in [0.29, 0.717) is 16.9 Å². The molecule has 0 aliphatic heterocycles. The maximum absolute atomic E-state index is 13.6. The molecule has 0 aliphatic rings. The largest absolute Gasteiger partial charge is 0.444 e. The number of anilines is 2. The number of halogens is 1. The second-order valence-electron chi connectivity index (χ2n) is 7.62. The fourth-order valence-electron chi connectivity index (χ4n) is 2.52. The molecule has 0 heterocycles. The topological polar surface area (TPSA) is 96.5 Å². The Hall–Kier alpha value is -3.42. The maximum Gasteiger partial charge on any atom is 0.408 e. The van der Waals surface area contributed by atoms with Crippen molar-refractivity contribution >= 4 is 29.3 Å². The van der Waals surface area contributed by atoms with Crippen molar-refractivity contribution in [3.63, 3.8) is 0 Å². The summed E-state index contributed by atoms with van der Waals surface area (Å²) in [5.41, 5.74) is 0.773. The van der Waals surface area contributed by atoms with Gasteiger partial charge in [0.2, 0.25) is 11.8 Å². The summed E-state index contributed by atoms with van der Waals surface area (Å²) in [4.78, 5) is 35.7. The molecule has 160 valence electrons. The molecule has 30 heavy (non-hydrogen) atoms. The van der Waals surface area contributed by atoms with E-state index in [-0.39, 0.29) is 31.1 Å². The summed E-state index contributed by atoms with van der Waals surface area (Å²) in [5, 5.41) is 7.72. The van der Waals surface area contributed by atoms with Gasteiger partial charge in [-0.25, -0.2) is 9.18 Å². The number of aryl methyl sites for hydroxylation is 1. The summed E-state index contributed by atoms with van der Waals surface area (Å²) < 4.78 is 18.7. The zero-order valence-corrected chi connectivity index (χ0v) is 17.3. The van der Waals surface area contributed by atoms with Gasteiger partial charge in [0.1, 0.15) is 18.0 Å². The lowest BCUT2D eigenvalue weighted by molar-refractivity contribution is -0.116. The Morgan fingerprint density at radius 2 is 1.57 bits per heavy atom. The lowest BCUT2D eigenvalue weighted by Gasteiger charge is -2.19. The molecule has 0 saturated heterocycles. The first-order valence-corrected chi connectivity index (χ1v) is 9.52. The Balaban J connectivity index is 1.82. The van der Waals surface area contributed by atoms with Crippen LogP contribution in [0.1, 0.15) is 32.8 Å². The molecule has 0 radical (unpaired) electrons. The highest BCUT2D eigenvalue weighted by atomic mass is 19.1.